The number of anilines is 1. The first-order valence-electron chi connectivity index (χ1n) is 12.2. The lowest BCUT2D eigenvalue weighted by Gasteiger charge is -2.09. The maximum Gasteiger partial charge on any atom is 0.340 e. The minimum atomic E-state index is -3.96. The molecular formula is C28H24N6O7S. The molecule has 42 heavy (non-hydrogen) atoms. The van der Waals surface area contributed by atoms with Crippen LogP contribution in [0.15, 0.2) is 105 Å². The largest absolute Gasteiger partial charge is 0.510 e. The van der Waals surface area contributed by atoms with Crippen LogP contribution in [0.2, 0.25) is 0 Å². The fraction of sp³-hybridized carbons (Fsp3) is 0.0714. The first-order chi connectivity index (χ1) is 19.9. The molecule has 0 spiro atoms. The molecule has 0 saturated heterocycles. The highest BCUT2D eigenvalue weighted by atomic mass is 32.2. The number of aliphatic hydroxyl groups is 1. The van der Waals surface area contributed by atoms with Crippen molar-refractivity contribution in [2.24, 2.45) is 15.4 Å². The number of carboxylic acids is 1. The number of nitrogens with one attached hydrogen (secondary N) is 1. The Hall–Kier alpha value is -5.47. The molecule has 0 saturated carbocycles. The summed E-state index contributed by atoms with van der Waals surface area (Å²) in [6.45, 7) is 2.53. The molecule has 214 valence electrons. The van der Waals surface area contributed by atoms with Crippen molar-refractivity contribution in [1.82, 2.24) is 9.78 Å². The van der Waals surface area contributed by atoms with Crippen LogP contribution in [0.25, 0.3) is 16.9 Å². The maximum absolute atomic E-state index is 13.3. The van der Waals surface area contributed by atoms with Gasteiger partial charge in [0.1, 0.15) is 11.3 Å². The number of allylic oxidation sites excluding steroid dienone is 2. The number of sulfonamides is 1. The second kappa shape index (κ2) is 12.0. The van der Waals surface area contributed by atoms with Gasteiger partial charge in [0, 0.05) is 18.2 Å². The molecular weight excluding hydrogens is 564 g/mol. The van der Waals surface area contributed by atoms with Crippen LogP contribution >= 0.6 is 0 Å². The van der Waals surface area contributed by atoms with E-state index in [-0.39, 0.29) is 39.0 Å². The molecule has 0 aliphatic heterocycles. The Labute approximate surface area is 239 Å². The lowest BCUT2D eigenvalue weighted by molar-refractivity contribution is -0.113. The molecule has 4 rings (SSSR count). The molecule has 0 bridgehead atoms. The van der Waals surface area contributed by atoms with E-state index in [4.69, 9.17) is 5.14 Å². The van der Waals surface area contributed by atoms with Crippen molar-refractivity contribution in [2.45, 2.75) is 18.7 Å². The minimum Gasteiger partial charge on any atom is -0.510 e. The minimum absolute atomic E-state index is 0.0995. The van der Waals surface area contributed by atoms with E-state index in [1.807, 2.05) is 0 Å². The van der Waals surface area contributed by atoms with Crippen molar-refractivity contribution >= 4 is 39.1 Å². The van der Waals surface area contributed by atoms with Gasteiger partial charge in [0.15, 0.2) is 17.2 Å². The molecule has 0 unspecified atom stereocenters. The Morgan fingerprint density at radius 2 is 1.60 bits per heavy atom. The van der Waals surface area contributed by atoms with Crippen LogP contribution in [-0.2, 0) is 14.8 Å². The molecule has 4 aromatic rings. The van der Waals surface area contributed by atoms with Crippen molar-refractivity contribution in [3.8, 4) is 16.9 Å². The Balaban J connectivity index is 1.83. The average molecular weight is 589 g/mol. The Morgan fingerprint density at radius 3 is 2.17 bits per heavy atom. The van der Waals surface area contributed by atoms with Gasteiger partial charge in [-0.25, -0.2) is 23.0 Å². The van der Waals surface area contributed by atoms with Crippen molar-refractivity contribution in [3.63, 3.8) is 0 Å². The second-order valence-electron chi connectivity index (χ2n) is 8.89. The summed E-state index contributed by atoms with van der Waals surface area (Å²) in [5, 5.41) is 39.8. The fourth-order valence-electron chi connectivity index (χ4n) is 3.94. The van der Waals surface area contributed by atoms with Crippen LogP contribution in [0.4, 0.5) is 11.4 Å². The molecule has 0 fully saturated rings. The number of hydrogen-bond acceptors (Lipinski definition) is 9. The van der Waals surface area contributed by atoms with Gasteiger partial charge in [-0.15, -0.1) is 5.11 Å². The average Bonchev–Trinajstić information content (AvgIpc) is 3.35. The number of aliphatic hydroxyl groups excluding tert-OH is 1. The maximum atomic E-state index is 13.3. The third-order valence-electron chi connectivity index (χ3n) is 5.82. The third kappa shape index (κ3) is 6.46. The first kappa shape index (κ1) is 29.5. The van der Waals surface area contributed by atoms with Crippen molar-refractivity contribution in [2.75, 3.05) is 5.32 Å². The Morgan fingerprint density at radius 1 is 0.929 bits per heavy atom. The number of hydrogen-bond donors (Lipinski definition) is 4. The molecule has 0 radical (unpaired) electrons. The topological polar surface area (TPSA) is 206 Å². The number of rotatable bonds is 9. The highest BCUT2D eigenvalue weighted by Gasteiger charge is 2.29. The first-order valence-corrected chi connectivity index (χ1v) is 13.7. The lowest BCUT2D eigenvalue weighted by Crippen LogP contribution is -2.17. The number of benzene rings is 3. The van der Waals surface area contributed by atoms with Crippen LogP contribution in [0.1, 0.15) is 34.7 Å². The molecule has 0 aliphatic carbocycles. The summed E-state index contributed by atoms with van der Waals surface area (Å²) in [6.07, 6.45) is 0. The molecule has 1 heterocycles. The summed E-state index contributed by atoms with van der Waals surface area (Å²) in [7, 11) is -3.96. The number of carboxylic acid groups (broad SMARTS) is 1. The number of amides is 1. The predicted molar refractivity (Wildman–Crippen MR) is 152 cm³/mol. The summed E-state index contributed by atoms with van der Waals surface area (Å²) in [5.74, 6) is -3.08. The number of Topliss-reactive ketones (excluding diaryl/α,β-unsaturated/α-hetero) is 1. The van der Waals surface area contributed by atoms with Gasteiger partial charge in [-0.2, -0.15) is 10.2 Å². The molecule has 1 aromatic heterocycles. The predicted octanol–water partition coefficient (Wildman–Crippen LogP) is 4.60. The van der Waals surface area contributed by atoms with Crippen molar-refractivity contribution in [3.05, 3.63) is 102 Å². The van der Waals surface area contributed by atoms with E-state index >= 15 is 0 Å². The van der Waals surface area contributed by atoms with Crippen LogP contribution in [0, 0.1) is 0 Å². The van der Waals surface area contributed by atoms with E-state index in [9.17, 15) is 33.0 Å². The van der Waals surface area contributed by atoms with Crippen LogP contribution < -0.4 is 10.5 Å². The van der Waals surface area contributed by atoms with Gasteiger partial charge in [-0.05, 0) is 49.4 Å². The van der Waals surface area contributed by atoms with E-state index in [0.29, 0.717) is 11.3 Å². The number of ketones is 1. The SMILES string of the molecule is CC(=O)C(N=Nc1cccc(-n2nc(C(=O)Nc3ccc(S(N)(=O)=O)cc3)c(C(=O)O)c2-c2ccccc2)c1)=C(C)O. The van der Waals surface area contributed by atoms with Gasteiger partial charge in [-0.1, -0.05) is 36.4 Å². The summed E-state index contributed by atoms with van der Waals surface area (Å²) in [4.78, 5) is 37.4. The van der Waals surface area contributed by atoms with Crippen molar-refractivity contribution in [1.29, 1.82) is 0 Å². The van der Waals surface area contributed by atoms with Gasteiger partial charge in [0.25, 0.3) is 5.91 Å². The van der Waals surface area contributed by atoms with E-state index in [1.165, 1.54) is 48.9 Å². The number of nitrogens with zero attached hydrogens (tertiary/aromatic N) is 4. The zero-order valence-corrected chi connectivity index (χ0v) is 23.0. The monoisotopic (exact) mass is 588 g/mol. The van der Waals surface area contributed by atoms with Gasteiger partial charge in [0.2, 0.25) is 10.0 Å². The zero-order valence-electron chi connectivity index (χ0n) is 22.2. The Bertz CT molecular complexity index is 1860. The van der Waals surface area contributed by atoms with Crippen LogP contribution in [0.3, 0.4) is 0 Å². The summed E-state index contributed by atoms with van der Waals surface area (Å²) < 4.78 is 24.4. The van der Waals surface area contributed by atoms with Gasteiger partial charge in [0.05, 0.1) is 22.0 Å². The second-order valence-corrected chi connectivity index (χ2v) is 10.5. The number of nitrogens with two attached hydrogens (primary N) is 1. The number of primary sulfonamides is 1. The number of aromatic carboxylic acids is 1. The standard InChI is InChI=1S/C28H24N6O7S/c1-16(35)24(17(2)36)32-31-20-9-6-10-21(15-20)34-26(18-7-4-3-5-8-18)23(28(38)39)25(33-34)27(37)30-19-11-13-22(14-12-19)42(29,40)41/h3-15,35H,1-2H3,(H,30,37)(H,38,39)(H2,29,40,41). The van der Waals surface area contributed by atoms with Gasteiger partial charge >= 0.3 is 5.97 Å². The highest BCUT2D eigenvalue weighted by Crippen LogP contribution is 2.31. The van der Waals surface area contributed by atoms with E-state index in [2.05, 4.69) is 20.6 Å². The lowest BCUT2D eigenvalue weighted by atomic mass is 10.0. The van der Waals surface area contributed by atoms with Gasteiger partial charge < -0.3 is 15.5 Å². The Kier molecular flexibility index (Phi) is 8.40. The summed E-state index contributed by atoms with van der Waals surface area (Å²) >= 11 is 0. The molecule has 0 aliphatic rings. The molecule has 3 aromatic carbocycles. The number of aromatic nitrogens is 2. The normalized spacial score (nSPS) is 12.2. The summed E-state index contributed by atoms with van der Waals surface area (Å²) in [5.41, 5.74) is 0.264. The highest BCUT2D eigenvalue weighted by molar-refractivity contribution is 7.89. The number of carbonyl (C=O) groups excluding carboxylic acids is 2. The number of carbonyl (C=O) groups is 3. The molecule has 1 amide bonds. The van der Waals surface area contributed by atoms with Crippen LogP contribution in [-0.4, -0.2) is 46.1 Å². The zero-order chi connectivity index (χ0) is 30.6. The van der Waals surface area contributed by atoms with E-state index in [0.717, 1.165) is 0 Å². The molecule has 5 N–H and O–H groups in total. The number of azo groups is 1. The molecule has 14 heteroatoms. The smallest absolute Gasteiger partial charge is 0.340 e. The van der Waals surface area contributed by atoms with Gasteiger partial charge in [-0.3, -0.25) is 9.59 Å². The molecule has 13 nitrogen and oxygen atoms in total. The van der Waals surface area contributed by atoms with Crippen molar-refractivity contribution < 1.29 is 33.0 Å². The van der Waals surface area contributed by atoms with E-state index in [1.54, 1.807) is 48.5 Å². The fourth-order valence-corrected chi connectivity index (χ4v) is 4.45. The summed E-state index contributed by atoms with van der Waals surface area (Å²) in [6, 6.07) is 19.7. The molecule has 0 atom stereocenters. The quantitative estimate of drug-likeness (QED) is 0.123. The third-order valence-corrected chi connectivity index (χ3v) is 6.75. The van der Waals surface area contributed by atoms with E-state index < -0.39 is 33.4 Å². The van der Waals surface area contributed by atoms with Crippen LogP contribution in [0.5, 0.6) is 0 Å².